The van der Waals surface area contributed by atoms with Crippen molar-refractivity contribution in [2.24, 2.45) is 11.7 Å². The monoisotopic (exact) mass is 238 g/mol. The van der Waals surface area contributed by atoms with E-state index < -0.39 is 0 Å². The van der Waals surface area contributed by atoms with Gasteiger partial charge in [-0.3, -0.25) is 14.5 Å². The predicted molar refractivity (Wildman–Crippen MR) is 65.3 cm³/mol. The van der Waals surface area contributed by atoms with E-state index in [9.17, 15) is 9.59 Å². The van der Waals surface area contributed by atoms with Gasteiger partial charge in [0.2, 0.25) is 5.91 Å². The summed E-state index contributed by atoms with van der Waals surface area (Å²) in [6.45, 7) is 2.76. The lowest BCUT2D eigenvalue weighted by molar-refractivity contribution is -0.129. The number of likely N-dealkylation sites (tertiary alicyclic amines) is 1. The molecule has 4 nitrogen and oxygen atoms in total. The number of rotatable bonds is 3. The Bertz CT molecular complexity index is 317. The van der Waals surface area contributed by atoms with Gasteiger partial charge in [-0.05, 0) is 39.2 Å². The Kier molecular flexibility index (Phi) is 3.82. The third-order valence-electron chi connectivity index (χ3n) is 4.32. The number of nitrogens with two attached hydrogens (primary N) is 1. The molecule has 0 aromatic heterocycles. The van der Waals surface area contributed by atoms with E-state index in [1.165, 1.54) is 0 Å². The smallest absolute Gasteiger partial charge is 0.234 e. The average Bonchev–Trinajstić information content (AvgIpc) is 2.74. The van der Waals surface area contributed by atoms with Crippen LogP contribution >= 0.6 is 0 Å². The highest BCUT2D eigenvalue weighted by atomic mass is 16.1. The third kappa shape index (κ3) is 2.51. The molecule has 0 aromatic carbocycles. The second-order valence-electron chi connectivity index (χ2n) is 5.34. The molecular formula is C13H22N2O2. The molecule has 1 aliphatic heterocycles. The second-order valence-corrected chi connectivity index (χ2v) is 5.34. The Morgan fingerprint density at radius 3 is 2.71 bits per heavy atom. The molecule has 4 heteroatoms. The van der Waals surface area contributed by atoms with Crippen LogP contribution in [-0.4, -0.2) is 35.2 Å². The van der Waals surface area contributed by atoms with Gasteiger partial charge in [0.05, 0.1) is 6.04 Å². The van der Waals surface area contributed by atoms with Crippen LogP contribution in [0.25, 0.3) is 0 Å². The first-order valence-corrected chi connectivity index (χ1v) is 6.69. The van der Waals surface area contributed by atoms with E-state index in [0.29, 0.717) is 5.78 Å². The van der Waals surface area contributed by atoms with Gasteiger partial charge in [0.25, 0.3) is 0 Å². The summed E-state index contributed by atoms with van der Waals surface area (Å²) in [5.41, 5.74) is 5.40. The largest absolute Gasteiger partial charge is 0.368 e. The fourth-order valence-corrected chi connectivity index (χ4v) is 3.31. The maximum Gasteiger partial charge on any atom is 0.234 e. The Hall–Kier alpha value is -0.900. The van der Waals surface area contributed by atoms with E-state index in [2.05, 4.69) is 4.90 Å². The van der Waals surface area contributed by atoms with Gasteiger partial charge in [0.1, 0.15) is 5.78 Å². The Balaban J connectivity index is 2.11. The van der Waals surface area contributed by atoms with E-state index in [1.54, 1.807) is 0 Å². The van der Waals surface area contributed by atoms with Gasteiger partial charge in [-0.1, -0.05) is 6.42 Å². The molecule has 2 N–H and O–H groups in total. The number of carbonyl (C=O) groups excluding carboxylic acids is 2. The molecule has 2 rings (SSSR count). The number of hydrogen-bond donors (Lipinski definition) is 1. The summed E-state index contributed by atoms with van der Waals surface area (Å²) in [5, 5.41) is 0. The molecule has 1 amide bonds. The molecule has 1 saturated carbocycles. The number of Topliss-reactive ketones (excluding diaryl/α,β-unsaturated/α-hetero) is 1. The van der Waals surface area contributed by atoms with Gasteiger partial charge >= 0.3 is 0 Å². The van der Waals surface area contributed by atoms with Crippen molar-refractivity contribution in [3.05, 3.63) is 0 Å². The number of nitrogens with zero attached hydrogens (tertiary/aromatic N) is 1. The minimum absolute atomic E-state index is 0.150. The zero-order valence-corrected chi connectivity index (χ0v) is 10.5. The van der Waals surface area contributed by atoms with Gasteiger partial charge in [-0.15, -0.1) is 0 Å². The lowest BCUT2D eigenvalue weighted by atomic mass is 9.87. The van der Waals surface area contributed by atoms with E-state index in [4.69, 9.17) is 5.73 Å². The Morgan fingerprint density at radius 1 is 1.35 bits per heavy atom. The van der Waals surface area contributed by atoms with Gasteiger partial charge in [-0.2, -0.15) is 0 Å². The minimum atomic E-state index is -0.276. The molecule has 3 unspecified atom stereocenters. The summed E-state index contributed by atoms with van der Waals surface area (Å²) in [5.74, 6) is 0.262. The molecule has 1 aliphatic carbocycles. The predicted octanol–water partition coefficient (Wildman–Crippen LogP) is 1.08. The minimum Gasteiger partial charge on any atom is -0.368 e. The molecule has 1 saturated heterocycles. The fraction of sp³-hybridized carbons (Fsp3) is 0.846. The SMILES string of the molecule is CC(C(N)=O)N1CCCCC1C1CCCC1=O. The number of ketones is 1. The van der Waals surface area contributed by atoms with Crippen molar-refractivity contribution < 1.29 is 9.59 Å². The molecule has 0 radical (unpaired) electrons. The maximum atomic E-state index is 11.9. The molecule has 0 aromatic rings. The third-order valence-corrected chi connectivity index (χ3v) is 4.32. The molecule has 0 bridgehead atoms. The molecule has 0 spiro atoms. The number of hydrogen-bond acceptors (Lipinski definition) is 3. The summed E-state index contributed by atoms with van der Waals surface area (Å²) >= 11 is 0. The first-order valence-electron chi connectivity index (χ1n) is 6.69. The number of amides is 1. The van der Waals surface area contributed by atoms with Crippen LogP contribution in [-0.2, 0) is 9.59 Å². The summed E-state index contributed by atoms with van der Waals surface area (Å²) in [6.07, 6.45) is 6.03. The molecule has 17 heavy (non-hydrogen) atoms. The standard InChI is InChI=1S/C13H22N2O2/c1-9(13(14)17)15-8-3-2-6-11(15)10-5-4-7-12(10)16/h9-11H,2-8H2,1H3,(H2,14,17). The van der Waals surface area contributed by atoms with Crippen molar-refractivity contribution in [1.29, 1.82) is 0 Å². The summed E-state index contributed by atoms with van der Waals surface area (Å²) < 4.78 is 0. The van der Waals surface area contributed by atoms with Crippen molar-refractivity contribution in [3.63, 3.8) is 0 Å². The van der Waals surface area contributed by atoms with Crippen LogP contribution in [0, 0.1) is 5.92 Å². The maximum absolute atomic E-state index is 11.9. The van der Waals surface area contributed by atoms with Gasteiger partial charge in [-0.25, -0.2) is 0 Å². The van der Waals surface area contributed by atoms with Crippen molar-refractivity contribution >= 4 is 11.7 Å². The van der Waals surface area contributed by atoms with Gasteiger partial charge < -0.3 is 5.73 Å². The zero-order valence-electron chi connectivity index (χ0n) is 10.5. The molecule has 2 fully saturated rings. The first-order chi connectivity index (χ1) is 8.11. The zero-order chi connectivity index (χ0) is 12.4. The van der Waals surface area contributed by atoms with Crippen molar-refractivity contribution in [2.45, 2.75) is 57.5 Å². The highest BCUT2D eigenvalue weighted by Crippen LogP contribution is 2.33. The highest BCUT2D eigenvalue weighted by Gasteiger charge is 2.39. The quantitative estimate of drug-likeness (QED) is 0.800. The normalized spacial score (nSPS) is 32.6. The Morgan fingerprint density at radius 2 is 2.12 bits per heavy atom. The van der Waals surface area contributed by atoms with Crippen molar-refractivity contribution in [3.8, 4) is 0 Å². The van der Waals surface area contributed by atoms with Crippen LogP contribution in [0.3, 0.4) is 0 Å². The first kappa shape index (κ1) is 12.6. The van der Waals surface area contributed by atoms with Crippen molar-refractivity contribution in [1.82, 2.24) is 4.90 Å². The summed E-state index contributed by atoms with van der Waals surface area (Å²) in [4.78, 5) is 25.4. The summed E-state index contributed by atoms with van der Waals surface area (Å²) in [6, 6.07) is 0.00921. The van der Waals surface area contributed by atoms with Gasteiger partial charge in [0.15, 0.2) is 0 Å². The topological polar surface area (TPSA) is 63.4 Å². The van der Waals surface area contributed by atoms with Gasteiger partial charge in [0, 0.05) is 18.4 Å². The van der Waals surface area contributed by atoms with Crippen LogP contribution in [0.2, 0.25) is 0 Å². The van der Waals surface area contributed by atoms with E-state index >= 15 is 0 Å². The highest BCUT2D eigenvalue weighted by molar-refractivity contribution is 5.84. The average molecular weight is 238 g/mol. The molecular weight excluding hydrogens is 216 g/mol. The second kappa shape index (κ2) is 5.17. The number of carbonyl (C=O) groups is 2. The van der Waals surface area contributed by atoms with E-state index in [0.717, 1.165) is 45.1 Å². The fourth-order valence-electron chi connectivity index (χ4n) is 3.31. The molecule has 2 aliphatic rings. The number of primary amides is 1. The van der Waals surface area contributed by atoms with Crippen molar-refractivity contribution in [2.75, 3.05) is 6.54 Å². The Labute approximate surface area is 103 Å². The van der Waals surface area contributed by atoms with E-state index in [1.807, 2.05) is 6.92 Å². The molecule has 96 valence electrons. The summed E-state index contributed by atoms with van der Waals surface area (Å²) in [7, 11) is 0. The lowest BCUT2D eigenvalue weighted by Gasteiger charge is -2.41. The van der Waals surface area contributed by atoms with Crippen LogP contribution < -0.4 is 5.73 Å². The lowest BCUT2D eigenvalue weighted by Crippen LogP contribution is -2.53. The van der Waals surface area contributed by atoms with Crippen LogP contribution in [0.1, 0.15) is 45.4 Å². The molecule has 1 heterocycles. The van der Waals surface area contributed by atoms with Crippen LogP contribution in [0.5, 0.6) is 0 Å². The molecule has 3 atom stereocenters. The number of piperidine rings is 1. The van der Waals surface area contributed by atoms with Crippen LogP contribution in [0.15, 0.2) is 0 Å². The van der Waals surface area contributed by atoms with E-state index in [-0.39, 0.29) is 23.9 Å². The van der Waals surface area contributed by atoms with Crippen LogP contribution in [0.4, 0.5) is 0 Å².